The summed E-state index contributed by atoms with van der Waals surface area (Å²) in [6.45, 7) is 2.34. The molecule has 1 aliphatic heterocycles. The fraction of sp³-hybridized carbons (Fsp3) is 0.409. The van der Waals surface area contributed by atoms with E-state index in [9.17, 15) is 14.4 Å². The van der Waals surface area contributed by atoms with Gasteiger partial charge < -0.3 is 19.7 Å². The van der Waals surface area contributed by atoms with E-state index in [-0.39, 0.29) is 24.8 Å². The second kappa shape index (κ2) is 8.47. The minimum Gasteiger partial charge on any atom is -0.497 e. The molecule has 1 N–H and O–H groups in total. The van der Waals surface area contributed by atoms with Crippen molar-refractivity contribution in [1.29, 1.82) is 0 Å². The summed E-state index contributed by atoms with van der Waals surface area (Å²) in [7, 11) is 1.58. The van der Waals surface area contributed by atoms with Gasteiger partial charge in [-0.2, -0.15) is 0 Å². The number of rotatable bonds is 7. The van der Waals surface area contributed by atoms with Crippen molar-refractivity contribution in [2.75, 3.05) is 30.5 Å². The molecule has 2 aromatic rings. The number of hydrogen-bond donors (Lipinski definition) is 1. The molecule has 1 aliphatic carbocycles. The lowest BCUT2D eigenvalue weighted by Gasteiger charge is -2.17. The highest BCUT2D eigenvalue weighted by Gasteiger charge is 2.37. The SMILES string of the molecule is CCOC(=O)c1c(C2CC2)csc1NC(=O)C1CC(=O)N(c2ccc(OC)cc2)C1. The van der Waals surface area contributed by atoms with E-state index in [1.165, 1.54) is 11.3 Å². The summed E-state index contributed by atoms with van der Waals surface area (Å²) >= 11 is 1.34. The number of esters is 1. The third-order valence-electron chi connectivity index (χ3n) is 5.43. The number of ether oxygens (including phenoxy) is 2. The number of nitrogens with zero attached hydrogens (tertiary/aromatic N) is 1. The topological polar surface area (TPSA) is 84.9 Å². The van der Waals surface area contributed by atoms with E-state index in [1.807, 2.05) is 5.38 Å². The maximum absolute atomic E-state index is 12.9. The van der Waals surface area contributed by atoms with E-state index >= 15 is 0 Å². The molecule has 1 aromatic heterocycles. The lowest BCUT2D eigenvalue weighted by molar-refractivity contribution is -0.122. The molecule has 2 amide bonds. The molecular formula is C22H24N2O5S. The van der Waals surface area contributed by atoms with Crippen LogP contribution in [0.15, 0.2) is 29.6 Å². The maximum Gasteiger partial charge on any atom is 0.341 e. The summed E-state index contributed by atoms with van der Waals surface area (Å²) in [6, 6.07) is 7.17. The van der Waals surface area contributed by atoms with E-state index in [0.717, 1.165) is 24.1 Å². The first-order valence-electron chi connectivity index (χ1n) is 10.1. The van der Waals surface area contributed by atoms with Gasteiger partial charge in [0.15, 0.2) is 0 Å². The zero-order valence-corrected chi connectivity index (χ0v) is 17.8. The number of hydrogen-bond acceptors (Lipinski definition) is 6. The molecule has 2 aliphatic rings. The van der Waals surface area contributed by atoms with Crippen LogP contribution in [0, 0.1) is 5.92 Å². The Morgan fingerprint density at radius 2 is 1.97 bits per heavy atom. The van der Waals surface area contributed by atoms with E-state index in [1.54, 1.807) is 43.2 Å². The zero-order chi connectivity index (χ0) is 21.3. The smallest absolute Gasteiger partial charge is 0.341 e. The van der Waals surface area contributed by atoms with Crippen LogP contribution in [0.4, 0.5) is 10.7 Å². The Balaban J connectivity index is 1.48. The van der Waals surface area contributed by atoms with Gasteiger partial charge in [0.25, 0.3) is 0 Å². The van der Waals surface area contributed by atoms with Crippen LogP contribution in [0.5, 0.6) is 5.75 Å². The molecule has 2 fully saturated rings. The largest absolute Gasteiger partial charge is 0.497 e. The number of nitrogens with one attached hydrogen (secondary N) is 1. The lowest BCUT2D eigenvalue weighted by atomic mass is 10.1. The van der Waals surface area contributed by atoms with Crippen molar-refractivity contribution in [3.05, 3.63) is 40.8 Å². The van der Waals surface area contributed by atoms with Crippen molar-refractivity contribution >= 4 is 39.8 Å². The van der Waals surface area contributed by atoms with Gasteiger partial charge in [0.1, 0.15) is 10.8 Å². The van der Waals surface area contributed by atoms with Gasteiger partial charge in [-0.05, 0) is 60.9 Å². The van der Waals surface area contributed by atoms with Gasteiger partial charge in [-0.1, -0.05) is 0 Å². The van der Waals surface area contributed by atoms with Gasteiger partial charge in [-0.15, -0.1) is 11.3 Å². The van der Waals surface area contributed by atoms with Gasteiger partial charge in [0, 0.05) is 18.7 Å². The number of anilines is 2. The van der Waals surface area contributed by atoms with E-state index < -0.39 is 11.9 Å². The molecule has 0 bridgehead atoms. The highest BCUT2D eigenvalue weighted by Crippen LogP contribution is 2.46. The molecule has 2 heterocycles. The molecule has 1 atom stereocenters. The second-order valence-electron chi connectivity index (χ2n) is 7.48. The van der Waals surface area contributed by atoms with Crippen molar-refractivity contribution in [3.63, 3.8) is 0 Å². The Morgan fingerprint density at radius 1 is 1.23 bits per heavy atom. The summed E-state index contributed by atoms with van der Waals surface area (Å²) < 4.78 is 10.4. The van der Waals surface area contributed by atoms with Gasteiger partial charge in [0.05, 0.1) is 25.2 Å². The van der Waals surface area contributed by atoms with Crippen LogP contribution in [0.2, 0.25) is 0 Å². The number of benzene rings is 1. The molecule has 8 heteroatoms. The maximum atomic E-state index is 12.9. The number of methoxy groups -OCH3 is 1. The Hall–Kier alpha value is -2.87. The predicted octanol–water partition coefficient (Wildman–Crippen LogP) is 3.80. The van der Waals surface area contributed by atoms with Crippen LogP contribution >= 0.6 is 11.3 Å². The lowest BCUT2D eigenvalue weighted by Crippen LogP contribution is -2.28. The molecule has 1 saturated carbocycles. The molecule has 0 spiro atoms. The van der Waals surface area contributed by atoms with Crippen molar-refractivity contribution in [3.8, 4) is 5.75 Å². The minimum atomic E-state index is -0.485. The van der Waals surface area contributed by atoms with E-state index in [0.29, 0.717) is 28.8 Å². The first kappa shape index (κ1) is 20.4. The van der Waals surface area contributed by atoms with Crippen LogP contribution in [0.1, 0.15) is 48.0 Å². The van der Waals surface area contributed by atoms with Crippen molar-refractivity contribution < 1.29 is 23.9 Å². The van der Waals surface area contributed by atoms with Crippen molar-refractivity contribution in [2.24, 2.45) is 5.92 Å². The van der Waals surface area contributed by atoms with Gasteiger partial charge >= 0.3 is 5.97 Å². The van der Waals surface area contributed by atoms with Gasteiger partial charge in [0.2, 0.25) is 11.8 Å². The summed E-state index contributed by atoms with van der Waals surface area (Å²) in [6.07, 6.45) is 2.22. The fourth-order valence-corrected chi connectivity index (χ4v) is 4.71. The summed E-state index contributed by atoms with van der Waals surface area (Å²) in [5, 5.41) is 5.33. The van der Waals surface area contributed by atoms with Crippen LogP contribution < -0.4 is 15.0 Å². The van der Waals surface area contributed by atoms with Gasteiger partial charge in [-0.3, -0.25) is 9.59 Å². The van der Waals surface area contributed by atoms with Crippen molar-refractivity contribution in [2.45, 2.75) is 32.1 Å². The highest BCUT2D eigenvalue weighted by atomic mass is 32.1. The second-order valence-corrected chi connectivity index (χ2v) is 8.36. The Bertz CT molecular complexity index is 964. The number of amides is 2. The molecular weight excluding hydrogens is 404 g/mol. The van der Waals surface area contributed by atoms with Crippen molar-refractivity contribution in [1.82, 2.24) is 0 Å². The number of carbonyl (C=O) groups is 3. The van der Waals surface area contributed by atoms with Crippen LogP contribution in [0.3, 0.4) is 0 Å². The quantitative estimate of drug-likeness (QED) is 0.678. The molecule has 1 saturated heterocycles. The molecule has 158 valence electrons. The first-order valence-corrected chi connectivity index (χ1v) is 10.9. The standard InChI is InChI=1S/C22H24N2O5S/c1-3-29-22(27)19-17(13-4-5-13)12-30-21(19)23-20(26)14-10-18(25)24(11-14)15-6-8-16(28-2)9-7-15/h6-9,12-14H,3-5,10-11H2,1-2H3,(H,23,26). The molecule has 30 heavy (non-hydrogen) atoms. The average Bonchev–Trinajstić information content (AvgIpc) is 3.39. The predicted molar refractivity (Wildman–Crippen MR) is 114 cm³/mol. The van der Waals surface area contributed by atoms with Crippen LogP contribution in [0.25, 0.3) is 0 Å². The monoisotopic (exact) mass is 428 g/mol. The Labute approximate surface area is 179 Å². The molecule has 4 rings (SSSR count). The van der Waals surface area contributed by atoms with E-state index in [4.69, 9.17) is 9.47 Å². The normalized spacial score (nSPS) is 18.4. The molecule has 0 radical (unpaired) electrons. The fourth-order valence-electron chi connectivity index (χ4n) is 3.68. The minimum absolute atomic E-state index is 0.101. The third-order valence-corrected chi connectivity index (χ3v) is 6.35. The number of thiophene rings is 1. The molecule has 1 unspecified atom stereocenters. The first-order chi connectivity index (χ1) is 14.5. The summed E-state index contributed by atoms with van der Waals surface area (Å²) in [5.74, 6) is -0.176. The number of carbonyl (C=O) groups excluding carboxylic acids is 3. The average molecular weight is 429 g/mol. The van der Waals surface area contributed by atoms with E-state index in [2.05, 4.69) is 5.32 Å². The molecule has 1 aromatic carbocycles. The zero-order valence-electron chi connectivity index (χ0n) is 17.0. The highest BCUT2D eigenvalue weighted by molar-refractivity contribution is 7.15. The summed E-state index contributed by atoms with van der Waals surface area (Å²) in [5.41, 5.74) is 2.15. The van der Waals surface area contributed by atoms with Crippen LogP contribution in [-0.4, -0.2) is 38.0 Å². The van der Waals surface area contributed by atoms with Gasteiger partial charge in [-0.25, -0.2) is 4.79 Å². The Morgan fingerprint density at radius 3 is 2.60 bits per heavy atom. The van der Waals surface area contributed by atoms with Crippen LogP contribution in [-0.2, 0) is 14.3 Å². The molecule has 7 nitrogen and oxygen atoms in total. The Kier molecular flexibility index (Phi) is 5.76. The summed E-state index contributed by atoms with van der Waals surface area (Å²) in [4.78, 5) is 39.5. The third kappa shape index (κ3) is 4.05.